The number of nitrogens with zero attached hydrogens (tertiary/aromatic N) is 2. The Labute approximate surface area is 257 Å². The molecular formula is C32H43BrFN5O3. The van der Waals surface area contributed by atoms with Crippen molar-refractivity contribution in [2.75, 3.05) is 33.2 Å². The minimum absolute atomic E-state index is 0.0120. The van der Waals surface area contributed by atoms with Gasteiger partial charge in [0.1, 0.15) is 12.1 Å². The smallest absolute Gasteiger partial charge is 0.219 e. The van der Waals surface area contributed by atoms with Gasteiger partial charge in [0.2, 0.25) is 5.91 Å². The van der Waals surface area contributed by atoms with Crippen molar-refractivity contribution in [3.8, 4) is 0 Å². The molecule has 1 atom stereocenters. The standard InChI is InChI=1S/C32H43BrFN5O3/c1-4-29(33)28(20-38-27(22-41)10-11-32(42)36-3)31(5-2)39-15-12-23(13-16-39)7-6-14-37-19-26(18-35)24-8-9-25(21-40)30(34)17-24/h4-5,8-9,17-19,21-23,27,38H,1,6-7,10-16,20,35H2,2-3H3,(H,36,42)/b26-18+,29-28+,31-5+,37-19?. The number of carbonyl (C=O) groups is 3. The summed E-state index contributed by atoms with van der Waals surface area (Å²) in [6, 6.07) is 3.96. The predicted octanol–water partition coefficient (Wildman–Crippen LogP) is 4.92. The summed E-state index contributed by atoms with van der Waals surface area (Å²) in [4.78, 5) is 40.9. The number of benzene rings is 1. The number of nitrogens with two attached hydrogens (primary N) is 1. The van der Waals surface area contributed by atoms with Crippen LogP contribution in [0.15, 0.2) is 63.9 Å². The second-order valence-corrected chi connectivity index (χ2v) is 11.0. The quantitative estimate of drug-likeness (QED) is 0.0960. The van der Waals surface area contributed by atoms with E-state index in [4.69, 9.17) is 5.73 Å². The highest BCUT2D eigenvalue weighted by Crippen LogP contribution is 2.29. The van der Waals surface area contributed by atoms with Crippen LogP contribution >= 0.6 is 15.9 Å². The average Bonchev–Trinajstić information content (AvgIpc) is 3.02. The topological polar surface area (TPSA) is 117 Å². The zero-order valence-electron chi connectivity index (χ0n) is 24.6. The summed E-state index contributed by atoms with van der Waals surface area (Å²) in [5.74, 6) is -0.0744. The molecule has 1 aromatic rings. The van der Waals surface area contributed by atoms with E-state index in [1.807, 2.05) is 6.92 Å². The van der Waals surface area contributed by atoms with E-state index in [1.165, 1.54) is 18.3 Å². The molecule has 0 spiro atoms. The van der Waals surface area contributed by atoms with Crippen molar-refractivity contribution in [3.63, 3.8) is 0 Å². The fraction of sp³-hybridized carbons (Fsp3) is 0.438. The third-order valence-corrected chi connectivity index (χ3v) is 8.24. The number of carbonyl (C=O) groups excluding carboxylic acids is 3. The van der Waals surface area contributed by atoms with Gasteiger partial charge in [0.05, 0.1) is 11.6 Å². The number of piperidine rings is 1. The summed E-state index contributed by atoms with van der Waals surface area (Å²) in [5, 5.41) is 5.87. The van der Waals surface area contributed by atoms with E-state index in [-0.39, 0.29) is 17.9 Å². The maximum absolute atomic E-state index is 14.0. The van der Waals surface area contributed by atoms with Gasteiger partial charge in [0.15, 0.2) is 6.29 Å². The lowest BCUT2D eigenvalue weighted by Crippen LogP contribution is -2.38. The summed E-state index contributed by atoms with van der Waals surface area (Å²) in [6.45, 7) is 8.89. The molecule has 1 heterocycles. The monoisotopic (exact) mass is 643 g/mol. The number of allylic oxidation sites excluding steroid dienone is 4. The van der Waals surface area contributed by atoms with Crippen molar-refractivity contribution >= 4 is 46.2 Å². The summed E-state index contributed by atoms with van der Waals surface area (Å²) in [7, 11) is 1.59. The molecule has 0 aliphatic carbocycles. The molecule has 1 aliphatic rings. The molecule has 0 aromatic heterocycles. The lowest BCUT2D eigenvalue weighted by atomic mass is 9.91. The zero-order valence-corrected chi connectivity index (χ0v) is 26.2. The van der Waals surface area contributed by atoms with Crippen molar-refractivity contribution < 1.29 is 18.8 Å². The first-order valence-corrected chi connectivity index (χ1v) is 15.1. The Hall–Kier alpha value is -3.37. The van der Waals surface area contributed by atoms with Crippen LogP contribution in [0.2, 0.25) is 0 Å². The Morgan fingerprint density at radius 3 is 2.62 bits per heavy atom. The van der Waals surface area contributed by atoms with Gasteiger partial charge in [-0.3, -0.25) is 14.6 Å². The predicted molar refractivity (Wildman–Crippen MR) is 172 cm³/mol. The number of nitrogens with one attached hydrogen (secondary N) is 2. The second kappa shape index (κ2) is 18.9. The first kappa shape index (κ1) is 34.8. The number of hydrogen-bond acceptors (Lipinski definition) is 7. The fourth-order valence-corrected chi connectivity index (χ4v) is 5.29. The van der Waals surface area contributed by atoms with Gasteiger partial charge in [-0.1, -0.05) is 40.7 Å². The van der Waals surface area contributed by atoms with E-state index >= 15 is 0 Å². The minimum Gasteiger partial charge on any atom is -0.404 e. The van der Waals surface area contributed by atoms with Crippen LogP contribution in [-0.4, -0.2) is 68.9 Å². The zero-order chi connectivity index (χ0) is 30.9. The maximum atomic E-state index is 14.0. The van der Waals surface area contributed by atoms with Crippen molar-refractivity contribution in [2.24, 2.45) is 16.6 Å². The Morgan fingerprint density at radius 2 is 2.05 bits per heavy atom. The highest BCUT2D eigenvalue weighted by molar-refractivity contribution is 9.11. The Kier molecular flexibility index (Phi) is 15.7. The van der Waals surface area contributed by atoms with E-state index in [9.17, 15) is 18.8 Å². The van der Waals surface area contributed by atoms with Crippen LogP contribution < -0.4 is 16.4 Å². The number of amides is 1. The minimum atomic E-state index is -0.582. The van der Waals surface area contributed by atoms with Crippen molar-refractivity contribution in [2.45, 2.75) is 51.5 Å². The first-order valence-electron chi connectivity index (χ1n) is 14.3. The SMILES string of the molecule is C=C/C(Br)=C(CNC(C=O)CCC(=O)NC)\C(=C/C)N1CCC(CCCN=C/C(=C\N)c2ccc(C=O)c(F)c2)CC1. The summed E-state index contributed by atoms with van der Waals surface area (Å²) >= 11 is 3.64. The fourth-order valence-electron chi connectivity index (χ4n) is 4.94. The van der Waals surface area contributed by atoms with Gasteiger partial charge < -0.3 is 26.1 Å². The number of aldehydes is 2. The molecule has 0 saturated carbocycles. The van der Waals surface area contributed by atoms with E-state index in [2.05, 4.69) is 49.1 Å². The van der Waals surface area contributed by atoms with Crippen LogP contribution in [0.3, 0.4) is 0 Å². The van der Waals surface area contributed by atoms with E-state index < -0.39 is 11.9 Å². The summed E-state index contributed by atoms with van der Waals surface area (Å²) < 4.78 is 14.8. The highest BCUT2D eigenvalue weighted by Gasteiger charge is 2.23. The van der Waals surface area contributed by atoms with Crippen LogP contribution in [0.5, 0.6) is 0 Å². The van der Waals surface area contributed by atoms with Crippen molar-refractivity contribution in [1.29, 1.82) is 0 Å². The van der Waals surface area contributed by atoms with E-state index in [0.717, 1.165) is 60.8 Å². The molecular weight excluding hydrogens is 601 g/mol. The molecule has 1 fully saturated rings. The van der Waals surface area contributed by atoms with Gasteiger partial charge in [-0.05, 0) is 62.6 Å². The molecule has 1 aromatic carbocycles. The van der Waals surface area contributed by atoms with Gasteiger partial charge in [0.25, 0.3) is 0 Å². The third kappa shape index (κ3) is 10.8. The normalized spacial score (nSPS) is 16.2. The molecule has 10 heteroatoms. The lowest BCUT2D eigenvalue weighted by molar-refractivity contribution is -0.120. The molecule has 0 radical (unpaired) electrons. The molecule has 1 unspecified atom stereocenters. The average molecular weight is 645 g/mol. The van der Waals surface area contributed by atoms with Gasteiger partial charge in [-0.2, -0.15) is 0 Å². The number of halogens is 2. The summed E-state index contributed by atoms with van der Waals surface area (Å²) in [6.07, 6.45) is 13.1. The summed E-state index contributed by atoms with van der Waals surface area (Å²) in [5.41, 5.74) is 9.05. The Morgan fingerprint density at radius 1 is 1.31 bits per heavy atom. The molecule has 2 rings (SSSR count). The second-order valence-electron chi connectivity index (χ2n) is 10.1. The molecule has 4 N–H and O–H groups in total. The Balaban J connectivity index is 1.87. The van der Waals surface area contributed by atoms with Crippen LogP contribution in [0.25, 0.3) is 5.57 Å². The lowest BCUT2D eigenvalue weighted by Gasteiger charge is -2.36. The van der Waals surface area contributed by atoms with Gasteiger partial charge in [0, 0.05) is 73.4 Å². The number of aliphatic imine (C=N–C) groups is 1. The van der Waals surface area contributed by atoms with Crippen molar-refractivity contribution in [1.82, 2.24) is 15.5 Å². The maximum Gasteiger partial charge on any atom is 0.219 e. The highest BCUT2D eigenvalue weighted by atomic mass is 79.9. The van der Waals surface area contributed by atoms with Crippen LogP contribution in [0.1, 0.15) is 61.4 Å². The molecule has 42 heavy (non-hydrogen) atoms. The van der Waals surface area contributed by atoms with Crippen LogP contribution in [0.4, 0.5) is 4.39 Å². The molecule has 0 bridgehead atoms. The van der Waals surface area contributed by atoms with Gasteiger partial charge in [-0.25, -0.2) is 4.39 Å². The van der Waals surface area contributed by atoms with Gasteiger partial charge in [-0.15, -0.1) is 0 Å². The molecule has 228 valence electrons. The largest absolute Gasteiger partial charge is 0.404 e. The number of rotatable bonds is 17. The van der Waals surface area contributed by atoms with Crippen LogP contribution in [0, 0.1) is 11.7 Å². The van der Waals surface area contributed by atoms with E-state index in [0.29, 0.717) is 42.9 Å². The van der Waals surface area contributed by atoms with Crippen molar-refractivity contribution in [3.05, 3.63) is 75.8 Å². The van der Waals surface area contributed by atoms with E-state index in [1.54, 1.807) is 25.4 Å². The number of hydrogen-bond donors (Lipinski definition) is 3. The van der Waals surface area contributed by atoms with Crippen LogP contribution in [-0.2, 0) is 9.59 Å². The van der Waals surface area contributed by atoms with Gasteiger partial charge >= 0.3 is 0 Å². The number of likely N-dealkylation sites (tertiary alicyclic amines) is 1. The molecule has 1 saturated heterocycles. The third-order valence-electron chi connectivity index (χ3n) is 7.44. The molecule has 8 nitrogen and oxygen atoms in total. The Bertz CT molecular complexity index is 1200. The molecule has 1 aliphatic heterocycles. The molecule has 1 amide bonds. The first-order chi connectivity index (χ1) is 20.3.